The third-order valence-electron chi connectivity index (χ3n) is 1.33. The Labute approximate surface area is 77.3 Å². The standard InChI is InChI=1S/C9H14O4/c1-6(10)4-9(12)5-7(2)13-8(3)11/h7H,4-5H2,1-3H3/t7-/m1/s1. The summed E-state index contributed by atoms with van der Waals surface area (Å²) in [6.07, 6.45) is -0.408. The lowest BCUT2D eigenvalue weighted by Crippen LogP contribution is -2.18. The zero-order valence-corrected chi connectivity index (χ0v) is 8.12. The first-order chi connectivity index (χ1) is 5.91. The summed E-state index contributed by atoms with van der Waals surface area (Å²) in [4.78, 5) is 32.0. The van der Waals surface area contributed by atoms with Gasteiger partial charge in [0.2, 0.25) is 0 Å². The maximum Gasteiger partial charge on any atom is 0.302 e. The molecule has 0 rings (SSSR count). The van der Waals surface area contributed by atoms with Gasteiger partial charge in [0.05, 0.1) is 6.42 Å². The van der Waals surface area contributed by atoms with Gasteiger partial charge < -0.3 is 4.74 Å². The highest BCUT2D eigenvalue weighted by Crippen LogP contribution is 2.01. The van der Waals surface area contributed by atoms with Crippen molar-refractivity contribution in [3.05, 3.63) is 0 Å². The second-order valence-electron chi connectivity index (χ2n) is 3.04. The fourth-order valence-corrected chi connectivity index (χ4v) is 0.995. The quantitative estimate of drug-likeness (QED) is 0.472. The lowest BCUT2D eigenvalue weighted by Gasteiger charge is -2.09. The summed E-state index contributed by atoms with van der Waals surface area (Å²) in [5.41, 5.74) is 0. The molecule has 0 aromatic heterocycles. The number of carbonyl (C=O) groups excluding carboxylic acids is 3. The van der Waals surface area contributed by atoms with E-state index in [-0.39, 0.29) is 24.4 Å². The highest BCUT2D eigenvalue weighted by Gasteiger charge is 2.12. The van der Waals surface area contributed by atoms with Crippen molar-refractivity contribution in [2.45, 2.75) is 39.7 Å². The first-order valence-corrected chi connectivity index (χ1v) is 4.10. The second kappa shape index (κ2) is 5.45. The number of esters is 1. The molecule has 0 bridgehead atoms. The van der Waals surface area contributed by atoms with Crippen LogP contribution in [0.5, 0.6) is 0 Å². The molecule has 0 aliphatic heterocycles. The zero-order chi connectivity index (χ0) is 10.4. The van der Waals surface area contributed by atoms with Crippen LogP contribution in [0.3, 0.4) is 0 Å². The van der Waals surface area contributed by atoms with E-state index in [9.17, 15) is 14.4 Å². The Morgan fingerprint density at radius 1 is 1.23 bits per heavy atom. The van der Waals surface area contributed by atoms with E-state index in [0.717, 1.165) is 0 Å². The Balaban J connectivity index is 3.78. The molecule has 4 nitrogen and oxygen atoms in total. The number of hydrogen-bond acceptors (Lipinski definition) is 4. The molecule has 74 valence electrons. The van der Waals surface area contributed by atoms with E-state index in [1.54, 1.807) is 6.92 Å². The van der Waals surface area contributed by atoms with Crippen molar-refractivity contribution in [2.24, 2.45) is 0 Å². The van der Waals surface area contributed by atoms with Crippen molar-refractivity contribution in [2.75, 3.05) is 0 Å². The number of ketones is 2. The Hall–Kier alpha value is -1.19. The molecule has 1 atom stereocenters. The zero-order valence-electron chi connectivity index (χ0n) is 8.12. The minimum Gasteiger partial charge on any atom is -0.462 e. The minimum absolute atomic E-state index is 0.0778. The molecule has 0 amide bonds. The van der Waals surface area contributed by atoms with Crippen molar-refractivity contribution < 1.29 is 19.1 Å². The molecule has 0 radical (unpaired) electrons. The second-order valence-corrected chi connectivity index (χ2v) is 3.04. The maximum atomic E-state index is 11.0. The average Bonchev–Trinajstić information content (AvgIpc) is 1.80. The SMILES string of the molecule is CC(=O)CC(=O)C[C@@H](C)OC(C)=O. The highest BCUT2D eigenvalue weighted by atomic mass is 16.5. The Bertz CT molecular complexity index is 220. The molecular weight excluding hydrogens is 172 g/mol. The van der Waals surface area contributed by atoms with Gasteiger partial charge in [0, 0.05) is 13.3 Å². The number of ether oxygens (including phenoxy) is 1. The first kappa shape index (κ1) is 11.8. The van der Waals surface area contributed by atoms with E-state index in [1.807, 2.05) is 0 Å². The van der Waals surface area contributed by atoms with Crippen molar-refractivity contribution in [3.8, 4) is 0 Å². The van der Waals surface area contributed by atoms with Gasteiger partial charge in [-0.2, -0.15) is 0 Å². The molecule has 0 heterocycles. The molecule has 13 heavy (non-hydrogen) atoms. The lowest BCUT2D eigenvalue weighted by atomic mass is 10.1. The molecule has 0 fully saturated rings. The summed E-state index contributed by atoms with van der Waals surface area (Å²) < 4.78 is 4.73. The summed E-state index contributed by atoms with van der Waals surface area (Å²) in [5, 5.41) is 0. The Morgan fingerprint density at radius 2 is 1.77 bits per heavy atom. The van der Waals surface area contributed by atoms with E-state index < -0.39 is 12.1 Å². The number of rotatable bonds is 5. The predicted octanol–water partition coefficient (Wildman–Crippen LogP) is 0.876. The van der Waals surface area contributed by atoms with E-state index in [2.05, 4.69) is 0 Å². The van der Waals surface area contributed by atoms with Crippen LogP contribution in [0.1, 0.15) is 33.6 Å². The van der Waals surface area contributed by atoms with E-state index >= 15 is 0 Å². The summed E-state index contributed by atoms with van der Waals surface area (Å²) >= 11 is 0. The molecule has 0 saturated heterocycles. The fraction of sp³-hybridized carbons (Fsp3) is 0.667. The van der Waals surface area contributed by atoms with Crippen LogP contribution in [0.15, 0.2) is 0 Å². The van der Waals surface area contributed by atoms with Gasteiger partial charge in [-0.3, -0.25) is 14.4 Å². The monoisotopic (exact) mass is 186 g/mol. The van der Waals surface area contributed by atoms with Crippen LogP contribution < -0.4 is 0 Å². The molecule has 4 heteroatoms. The van der Waals surface area contributed by atoms with Gasteiger partial charge >= 0.3 is 5.97 Å². The highest BCUT2D eigenvalue weighted by molar-refractivity contribution is 5.98. The molecule has 0 spiro atoms. The van der Waals surface area contributed by atoms with Gasteiger partial charge in [-0.15, -0.1) is 0 Å². The van der Waals surface area contributed by atoms with E-state index in [0.29, 0.717) is 0 Å². The normalized spacial score (nSPS) is 11.9. The van der Waals surface area contributed by atoms with Crippen molar-refractivity contribution in [1.82, 2.24) is 0 Å². The van der Waals surface area contributed by atoms with Crippen LogP contribution >= 0.6 is 0 Å². The summed E-state index contributed by atoms with van der Waals surface area (Å²) in [5.74, 6) is -0.774. The van der Waals surface area contributed by atoms with Crippen molar-refractivity contribution in [1.29, 1.82) is 0 Å². The first-order valence-electron chi connectivity index (χ1n) is 4.10. The molecule has 0 aliphatic rings. The van der Waals surface area contributed by atoms with Crippen LogP contribution in [-0.2, 0) is 19.1 Å². The molecule has 0 N–H and O–H groups in total. The van der Waals surface area contributed by atoms with Crippen molar-refractivity contribution in [3.63, 3.8) is 0 Å². The summed E-state index contributed by atoms with van der Waals surface area (Å²) in [6, 6.07) is 0. The maximum absolute atomic E-state index is 11.0. The van der Waals surface area contributed by atoms with Crippen LogP contribution in [0.25, 0.3) is 0 Å². The topological polar surface area (TPSA) is 60.4 Å². The minimum atomic E-state index is -0.440. The van der Waals surface area contributed by atoms with Gasteiger partial charge in [0.15, 0.2) is 0 Å². The lowest BCUT2D eigenvalue weighted by molar-refractivity contribution is -0.146. The molecule has 0 aromatic rings. The molecule has 0 saturated carbocycles. The van der Waals surface area contributed by atoms with Gasteiger partial charge in [-0.25, -0.2) is 0 Å². The van der Waals surface area contributed by atoms with Crippen LogP contribution in [0.4, 0.5) is 0 Å². The third kappa shape index (κ3) is 7.18. The summed E-state index contributed by atoms with van der Waals surface area (Å²) in [7, 11) is 0. The van der Waals surface area contributed by atoms with E-state index in [4.69, 9.17) is 4.74 Å². The largest absolute Gasteiger partial charge is 0.462 e. The van der Waals surface area contributed by atoms with Gasteiger partial charge in [-0.05, 0) is 13.8 Å². The third-order valence-corrected chi connectivity index (χ3v) is 1.33. The molecule has 0 aromatic carbocycles. The Kier molecular flexibility index (Phi) is 4.96. The molecule has 0 aliphatic carbocycles. The fourth-order valence-electron chi connectivity index (χ4n) is 0.995. The number of Topliss-reactive ketones (excluding diaryl/α,β-unsaturated/α-hetero) is 2. The average molecular weight is 186 g/mol. The van der Waals surface area contributed by atoms with Gasteiger partial charge in [0.25, 0.3) is 0 Å². The van der Waals surface area contributed by atoms with Crippen LogP contribution in [0, 0.1) is 0 Å². The molecule has 0 unspecified atom stereocenters. The summed E-state index contributed by atoms with van der Waals surface area (Å²) in [6.45, 7) is 4.26. The van der Waals surface area contributed by atoms with E-state index in [1.165, 1.54) is 13.8 Å². The predicted molar refractivity (Wildman–Crippen MR) is 46.2 cm³/mol. The van der Waals surface area contributed by atoms with Gasteiger partial charge in [0.1, 0.15) is 17.7 Å². The van der Waals surface area contributed by atoms with Crippen LogP contribution in [-0.4, -0.2) is 23.6 Å². The number of carbonyl (C=O) groups is 3. The van der Waals surface area contributed by atoms with Crippen LogP contribution in [0.2, 0.25) is 0 Å². The smallest absolute Gasteiger partial charge is 0.302 e. The molecular formula is C9H14O4. The van der Waals surface area contributed by atoms with Gasteiger partial charge in [-0.1, -0.05) is 0 Å². The Morgan fingerprint density at radius 3 is 2.15 bits per heavy atom. The van der Waals surface area contributed by atoms with Crippen molar-refractivity contribution >= 4 is 17.5 Å². The number of hydrogen-bond donors (Lipinski definition) is 0.